The smallest absolute Gasteiger partial charge is 0.373 e. The third-order valence-electron chi connectivity index (χ3n) is 6.77. The molecule has 1 aliphatic carbocycles. The SMILES string of the molecule is COc1ccc2cc1O[C@@H]1[C@H]3CCN(C)[C@H](C2)[C@@H]3C=C[C@@H]1OOC(=O)c1ccccc1. The number of hydrogen-bond donors (Lipinski definition) is 0. The molecule has 2 aromatic rings. The van der Waals surface area contributed by atoms with Crippen molar-refractivity contribution in [1.29, 1.82) is 0 Å². The Balaban J connectivity index is 1.44. The number of ether oxygens (including phenoxy) is 2. The van der Waals surface area contributed by atoms with Gasteiger partial charge in [0.25, 0.3) is 0 Å². The molecule has 6 nitrogen and oxygen atoms in total. The number of hydrogen-bond acceptors (Lipinski definition) is 6. The zero-order valence-corrected chi connectivity index (χ0v) is 17.8. The van der Waals surface area contributed by atoms with Crippen molar-refractivity contribution < 1.29 is 24.0 Å². The summed E-state index contributed by atoms with van der Waals surface area (Å²) in [5.74, 6) is 1.48. The molecule has 6 bridgehead atoms. The maximum absolute atomic E-state index is 12.4. The van der Waals surface area contributed by atoms with E-state index in [2.05, 4.69) is 30.2 Å². The predicted molar refractivity (Wildman–Crippen MR) is 115 cm³/mol. The van der Waals surface area contributed by atoms with Crippen LogP contribution < -0.4 is 9.47 Å². The number of carbonyl (C=O) groups is 1. The monoisotopic (exact) mass is 421 g/mol. The molecule has 31 heavy (non-hydrogen) atoms. The van der Waals surface area contributed by atoms with Crippen LogP contribution in [0.3, 0.4) is 0 Å². The molecule has 0 aromatic heterocycles. The summed E-state index contributed by atoms with van der Waals surface area (Å²) < 4.78 is 12.1. The quantitative estimate of drug-likeness (QED) is 0.427. The first-order valence-corrected chi connectivity index (χ1v) is 10.8. The van der Waals surface area contributed by atoms with Crippen LogP contribution in [-0.4, -0.2) is 49.8 Å². The molecule has 1 saturated heterocycles. The lowest BCUT2D eigenvalue weighted by Crippen LogP contribution is -2.55. The molecule has 5 atom stereocenters. The highest BCUT2D eigenvalue weighted by molar-refractivity contribution is 5.88. The van der Waals surface area contributed by atoms with Gasteiger partial charge in [0.05, 0.1) is 12.7 Å². The largest absolute Gasteiger partial charge is 0.493 e. The number of rotatable bonds is 4. The zero-order valence-electron chi connectivity index (χ0n) is 17.8. The Hall–Kier alpha value is -2.83. The molecule has 1 fully saturated rings. The van der Waals surface area contributed by atoms with E-state index in [1.54, 1.807) is 31.4 Å². The van der Waals surface area contributed by atoms with Gasteiger partial charge < -0.3 is 14.4 Å². The number of benzene rings is 2. The molecular formula is C25H27NO5. The highest BCUT2D eigenvalue weighted by Crippen LogP contribution is 2.43. The van der Waals surface area contributed by atoms with Crippen LogP contribution in [-0.2, 0) is 16.2 Å². The predicted octanol–water partition coefficient (Wildman–Crippen LogP) is 3.66. The second-order valence-electron chi connectivity index (χ2n) is 8.53. The van der Waals surface area contributed by atoms with Gasteiger partial charge in [0.1, 0.15) is 6.10 Å². The lowest BCUT2D eigenvalue weighted by Gasteiger charge is -2.47. The number of likely N-dealkylation sites (N-methyl/N-ethyl adjacent to an activating group) is 1. The normalized spacial score (nSPS) is 29.2. The Morgan fingerprint density at radius 3 is 2.77 bits per heavy atom. The van der Waals surface area contributed by atoms with Crippen LogP contribution in [0.1, 0.15) is 22.3 Å². The van der Waals surface area contributed by atoms with Gasteiger partial charge in [-0.15, -0.1) is 0 Å². The van der Waals surface area contributed by atoms with E-state index in [0.29, 0.717) is 29.0 Å². The van der Waals surface area contributed by atoms with Gasteiger partial charge in [0, 0.05) is 12.0 Å². The number of methoxy groups -OCH3 is 1. The molecule has 6 heteroatoms. The minimum atomic E-state index is -0.514. The van der Waals surface area contributed by atoms with E-state index in [4.69, 9.17) is 19.2 Å². The van der Waals surface area contributed by atoms with Gasteiger partial charge in [-0.1, -0.05) is 36.4 Å². The van der Waals surface area contributed by atoms with E-state index in [1.165, 1.54) is 5.56 Å². The van der Waals surface area contributed by atoms with Crippen molar-refractivity contribution in [1.82, 2.24) is 4.90 Å². The topological polar surface area (TPSA) is 57.2 Å². The molecule has 2 aromatic carbocycles. The fourth-order valence-electron chi connectivity index (χ4n) is 5.12. The average molecular weight is 421 g/mol. The number of nitrogens with zero attached hydrogens (tertiary/aromatic N) is 1. The van der Waals surface area contributed by atoms with Gasteiger partial charge in [0.2, 0.25) is 0 Å². The Morgan fingerprint density at radius 2 is 1.97 bits per heavy atom. The summed E-state index contributed by atoms with van der Waals surface area (Å²) in [7, 11) is 3.84. The van der Waals surface area contributed by atoms with Gasteiger partial charge in [-0.2, -0.15) is 4.89 Å². The molecule has 5 rings (SSSR count). The fourth-order valence-corrected chi connectivity index (χ4v) is 5.12. The summed E-state index contributed by atoms with van der Waals surface area (Å²) >= 11 is 0. The van der Waals surface area contributed by atoms with Crippen LogP contribution in [0, 0.1) is 11.8 Å². The van der Waals surface area contributed by atoms with E-state index >= 15 is 0 Å². The molecule has 0 radical (unpaired) electrons. The first-order valence-electron chi connectivity index (χ1n) is 10.8. The van der Waals surface area contributed by atoms with Crippen molar-refractivity contribution in [3.63, 3.8) is 0 Å². The summed E-state index contributed by atoms with van der Waals surface area (Å²) in [6, 6.07) is 15.4. The highest BCUT2D eigenvalue weighted by Gasteiger charge is 2.47. The van der Waals surface area contributed by atoms with Gasteiger partial charge in [-0.3, -0.25) is 4.89 Å². The van der Waals surface area contributed by atoms with Crippen LogP contribution in [0.15, 0.2) is 60.7 Å². The lowest BCUT2D eigenvalue weighted by molar-refractivity contribution is -0.284. The average Bonchev–Trinajstić information content (AvgIpc) is 2.81. The molecule has 2 aliphatic heterocycles. The third-order valence-corrected chi connectivity index (χ3v) is 6.77. The van der Waals surface area contributed by atoms with Crippen LogP contribution in [0.2, 0.25) is 0 Å². The first-order chi connectivity index (χ1) is 15.1. The maximum Gasteiger partial charge on any atom is 0.373 e. The Bertz CT molecular complexity index is 975. The summed E-state index contributed by atoms with van der Waals surface area (Å²) in [6.07, 6.45) is 5.36. The molecule has 3 aliphatic rings. The third kappa shape index (κ3) is 3.82. The zero-order chi connectivity index (χ0) is 21.4. The van der Waals surface area contributed by atoms with E-state index in [-0.39, 0.29) is 12.0 Å². The fraction of sp³-hybridized carbons (Fsp3) is 0.400. The van der Waals surface area contributed by atoms with E-state index in [1.807, 2.05) is 18.2 Å². The van der Waals surface area contributed by atoms with Gasteiger partial charge >= 0.3 is 5.97 Å². The van der Waals surface area contributed by atoms with E-state index < -0.39 is 12.1 Å². The Kier molecular flexibility index (Phi) is 5.42. The van der Waals surface area contributed by atoms with Crippen LogP contribution in [0.5, 0.6) is 11.5 Å². The second kappa shape index (κ2) is 8.36. The van der Waals surface area contributed by atoms with Crippen molar-refractivity contribution >= 4 is 5.97 Å². The molecular weight excluding hydrogens is 394 g/mol. The minimum absolute atomic E-state index is 0.255. The van der Waals surface area contributed by atoms with E-state index in [9.17, 15) is 4.79 Å². The van der Waals surface area contributed by atoms with Crippen molar-refractivity contribution in [2.24, 2.45) is 11.8 Å². The number of carbonyl (C=O) groups excluding carboxylic acids is 1. The second-order valence-corrected chi connectivity index (χ2v) is 8.53. The summed E-state index contributed by atoms with van der Waals surface area (Å²) in [5.41, 5.74) is 1.67. The molecule has 162 valence electrons. The van der Waals surface area contributed by atoms with E-state index in [0.717, 1.165) is 19.4 Å². The van der Waals surface area contributed by atoms with Crippen molar-refractivity contribution in [3.05, 3.63) is 71.8 Å². The lowest BCUT2D eigenvalue weighted by atomic mass is 9.71. The molecule has 0 saturated carbocycles. The van der Waals surface area contributed by atoms with Gasteiger partial charge in [-0.25, -0.2) is 4.79 Å². The molecule has 0 N–H and O–H groups in total. The number of fused-ring (bicyclic) bond motifs is 2. The molecule has 2 heterocycles. The number of piperidine rings is 1. The minimum Gasteiger partial charge on any atom is -0.493 e. The number of likely N-dealkylation sites (tertiary alicyclic amines) is 1. The summed E-state index contributed by atoms with van der Waals surface area (Å²) in [5, 5.41) is 0. The molecule has 0 unspecified atom stereocenters. The summed E-state index contributed by atoms with van der Waals surface area (Å²) in [4.78, 5) is 25.7. The van der Waals surface area contributed by atoms with Crippen molar-refractivity contribution in [2.75, 3.05) is 20.7 Å². The first kappa shape index (κ1) is 20.1. The standard InChI is InChI=1S/C25H27NO5/c1-26-13-12-19-18-9-11-22(30-31-25(27)17-6-4-3-5-7-17)24(19)29-23-15-16(14-20(18)26)8-10-21(23)28-2/h3-11,15,18-20,22,24H,12-14H2,1-2H3/t18-,19+,20-,22+,24-/m1/s1. The molecule has 0 spiro atoms. The maximum atomic E-state index is 12.4. The van der Waals surface area contributed by atoms with Crippen molar-refractivity contribution in [2.45, 2.75) is 31.1 Å². The van der Waals surface area contributed by atoms with Gasteiger partial charge in [0.15, 0.2) is 17.6 Å². The van der Waals surface area contributed by atoms with Crippen LogP contribution >= 0.6 is 0 Å². The highest BCUT2D eigenvalue weighted by atomic mass is 17.2. The Labute approximate surface area is 182 Å². The van der Waals surface area contributed by atoms with Crippen molar-refractivity contribution in [3.8, 4) is 11.5 Å². The van der Waals surface area contributed by atoms with Crippen LogP contribution in [0.4, 0.5) is 0 Å². The summed E-state index contributed by atoms with van der Waals surface area (Å²) in [6.45, 7) is 0.989. The molecule has 0 amide bonds. The van der Waals surface area contributed by atoms with Gasteiger partial charge in [-0.05, 0) is 62.2 Å². The Morgan fingerprint density at radius 1 is 1.13 bits per heavy atom. The van der Waals surface area contributed by atoms with Crippen LogP contribution in [0.25, 0.3) is 0 Å².